The highest BCUT2D eigenvalue weighted by molar-refractivity contribution is 5.97. The molecule has 0 aliphatic rings. The third kappa shape index (κ3) is 2.52. The Bertz CT molecular complexity index is 961. The first-order chi connectivity index (χ1) is 11.0. The number of hydrogen-bond donors (Lipinski definition) is 1. The first kappa shape index (κ1) is 15.0. The number of nitrogens with one attached hydrogen (secondary N) is 1. The van der Waals surface area contributed by atoms with E-state index < -0.39 is 0 Å². The topological polar surface area (TPSA) is 50.8 Å². The zero-order valence-corrected chi connectivity index (χ0v) is 13.3. The van der Waals surface area contributed by atoms with Crippen LogP contribution in [0.3, 0.4) is 0 Å². The second-order valence-corrected chi connectivity index (χ2v) is 5.71. The molecule has 3 rings (SSSR count). The maximum absolute atomic E-state index is 12.5. The summed E-state index contributed by atoms with van der Waals surface area (Å²) in [5.41, 5.74) is 4.72. The van der Waals surface area contributed by atoms with Gasteiger partial charge in [0.15, 0.2) is 5.78 Å². The lowest BCUT2D eigenvalue weighted by Gasteiger charge is -2.06. The van der Waals surface area contributed by atoms with Gasteiger partial charge >= 0.3 is 0 Å². The lowest BCUT2D eigenvalue weighted by Crippen LogP contribution is -2.25. The van der Waals surface area contributed by atoms with Crippen molar-refractivity contribution < 1.29 is 4.79 Å². The molecule has 0 atom stereocenters. The molecule has 4 nitrogen and oxygen atoms in total. The number of nitrogens with zero attached hydrogens (tertiary/aromatic N) is 2. The maximum atomic E-state index is 12.5. The average molecular weight is 305 g/mol. The van der Waals surface area contributed by atoms with Crippen molar-refractivity contribution in [2.75, 3.05) is 0 Å². The van der Waals surface area contributed by atoms with E-state index >= 15 is 0 Å². The highest BCUT2D eigenvalue weighted by Crippen LogP contribution is 2.23. The summed E-state index contributed by atoms with van der Waals surface area (Å²) in [7, 11) is 1.85. The molecule has 116 valence electrons. The minimum atomic E-state index is -0.00247. The molecule has 1 N–H and O–H groups in total. The largest absolute Gasteiger partial charge is 0.313 e. The minimum Gasteiger partial charge on any atom is -0.313 e. The third-order valence-electron chi connectivity index (χ3n) is 4.07. The Balaban J connectivity index is 2.14. The van der Waals surface area contributed by atoms with Gasteiger partial charge in [0.2, 0.25) is 5.62 Å². The number of aryl methyl sites for hydroxylation is 1. The van der Waals surface area contributed by atoms with Gasteiger partial charge in [-0.15, -0.1) is 0 Å². The Kier molecular flexibility index (Phi) is 3.74. The first-order valence-electron chi connectivity index (χ1n) is 7.47. The maximum Gasteiger partial charge on any atom is 0.203 e. The molecule has 1 aromatic heterocycles. The minimum absolute atomic E-state index is 0.00247. The molecule has 0 bridgehead atoms. The van der Waals surface area contributed by atoms with Crippen LogP contribution in [0.2, 0.25) is 0 Å². The van der Waals surface area contributed by atoms with Gasteiger partial charge < -0.3 is 9.13 Å². The first-order valence-corrected chi connectivity index (χ1v) is 7.47. The van der Waals surface area contributed by atoms with E-state index in [2.05, 4.69) is 6.58 Å². The number of para-hydroxylation sites is 1. The fourth-order valence-corrected chi connectivity index (χ4v) is 2.87. The molecule has 1 heterocycles. The summed E-state index contributed by atoms with van der Waals surface area (Å²) < 4.78 is 3.55. The Morgan fingerprint density at radius 1 is 1.13 bits per heavy atom. The fourth-order valence-electron chi connectivity index (χ4n) is 2.87. The van der Waals surface area contributed by atoms with Crippen LogP contribution in [-0.4, -0.2) is 14.9 Å². The number of benzene rings is 2. The second kappa shape index (κ2) is 5.72. The van der Waals surface area contributed by atoms with Crippen LogP contribution in [0.25, 0.3) is 16.6 Å². The van der Waals surface area contributed by atoms with Crippen molar-refractivity contribution in [1.82, 2.24) is 9.13 Å². The average Bonchev–Trinajstić information content (AvgIpc) is 2.80. The molecule has 3 aromatic rings. The SMILES string of the molecule is C=C(C)c1cccc2c1n(C)c(=N)n2CC(=O)c1ccccc1. The monoisotopic (exact) mass is 305 g/mol. The molecule has 23 heavy (non-hydrogen) atoms. The zero-order valence-electron chi connectivity index (χ0n) is 13.3. The normalized spacial score (nSPS) is 10.9. The van der Waals surface area contributed by atoms with E-state index in [1.165, 1.54) is 0 Å². The van der Waals surface area contributed by atoms with Crippen molar-refractivity contribution >= 4 is 22.4 Å². The van der Waals surface area contributed by atoms with Crippen LogP contribution in [0.15, 0.2) is 55.1 Å². The van der Waals surface area contributed by atoms with E-state index in [1.54, 1.807) is 21.3 Å². The van der Waals surface area contributed by atoms with Gasteiger partial charge in [0, 0.05) is 18.2 Å². The molecule has 0 radical (unpaired) electrons. The van der Waals surface area contributed by atoms with Gasteiger partial charge in [-0.2, -0.15) is 0 Å². The van der Waals surface area contributed by atoms with Crippen LogP contribution in [-0.2, 0) is 13.6 Å². The summed E-state index contributed by atoms with van der Waals surface area (Å²) in [6, 6.07) is 15.1. The number of imidazole rings is 1. The van der Waals surface area contributed by atoms with Gasteiger partial charge in [0.1, 0.15) is 0 Å². The molecule has 0 fully saturated rings. The predicted molar refractivity (Wildman–Crippen MR) is 92.2 cm³/mol. The number of rotatable bonds is 4. The van der Waals surface area contributed by atoms with E-state index in [0.29, 0.717) is 11.2 Å². The summed E-state index contributed by atoms with van der Waals surface area (Å²) in [6.45, 7) is 6.12. The number of carbonyl (C=O) groups is 1. The predicted octanol–water partition coefficient (Wildman–Crippen LogP) is 3.38. The van der Waals surface area contributed by atoms with Gasteiger partial charge in [-0.25, -0.2) is 0 Å². The van der Waals surface area contributed by atoms with Crippen LogP contribution < -0.4 is 5.62 Å². The van der Waals surface area contributed by atoms with Gasteiger partial charge in [0.05, 0.1) is 17.6 Å². The van der Waals surface area contributed by atoms with E-state index in [4.69, 9.17) is 5.41 Å². The molecular weight excluding hydrogens is 286 g/mol. The van der Waals surface area contributed by atoms with Crippen molar-refractivity contribution in [3.63, 3.8) is 0 Å². The Morgan fingerprint density at radius 3 is 2.48 bits per heavy atom. The summed E-state index contributed by atoms with van der Waals surface area (Å²) in [5.74, 6) is -0.00247. The lowest BCUT2D eigenvalue weighted by molar-refractivity contribution is 0.0971. The van der Waals surface area contributed by atoms with Crippen molar-refractivity contribution in [3.8, 4) is 0 Å². The zero-order chi connectivity index (χ0) is 16.6. The van der Waals surface area contributed by atoms with Crippen molar-refractivity contribution in [3.05, 3.63) is 71.9 Å². The highest BCUT2D eigenvalue weighted by Gasteiger charge is 2.15. The summed E-state index contributed by atoms with van der Waals surface area (Å²) >= 11 is 0. The van der Waals surface area contributed by atoms with Crippen LogP contribution >= 0.6 is 0 Å². The Labute approximate surface area is 134 Å². The number of fused-ring (bicyclic) bond motifs is 1. The fraction of sp³-hybridized carbons (Fsp3) is 0.158. The molecule has 4 heteroatoms. The van der Waals surface area contributed by atoms with Crippen molar-refractivity contribution in [2.24, 2.45) is 7.05 Å². The molecule has 0 saturated heterocycles. The van der Waals surface area contributed by atoms with Gasteiger partial charge in [-0.1, -0.05) is 49.0 Å². The number of ketones is 1. The second-order valence-electron chi connectivity index (χ2n) is 5.71. The van der Waals surface area contributed by atoms with E-state index in [0.717, 1.165) is 22.2 Å². The molecular formula is C19H19N3O. The number of hydrogen-bond acceptors (Lipinski definition) is 2. The van der Waals surface area contributed by atoms with E-state index in [9.17, 15) is 4.79 Å². The molecule has 0 amide bonds. The molecule has 0 aliphatic heterocycles. The van der Waals surface area contributed by atoms with Crippen molar-refractivity contribution in [2.45, 2.75) is 13.5 Å². The molecule has 2 aromatic carbocycles. The Morgan fingerprint density at radius 2 is 1.83 bits per heavy atom. The third-order valence-corrected chi connectivity index (χ3v) is 4.07. The van der Waals surface area contributed by atoms with Gasteiger partial charge in [-0.3, -0.25) is 10.2 Å². The van der Waals surface area contributed by atoms with Crippen molar-refractivity contribution in [1.29, 1.82) is 5.41 Å². The summed E-state index contributed by atoms with van der Waals surface area (Å²) in [5, 5.41) is 8.36. The van der Waals surface area contributed by atoms with E-state index in [-0.39, 0.29) is 12.3 Å². The van der Waals surface area contributed by atoms with Crippen LogP contribution in [0.1, 0.15) is 22.8 Å². The number of Topliss-reactive ketones (excluding diaryl/α,β-unsaturated/α-hetero) is 1. The van der Waals surface area contributed by atoms with Gasteiger partial charge in [-0.05, 0) is 18.6 Å². The lowest BCUT2D eigenvalue weighted by atomic mass is 10.1. The smallest absolute Gasteiger partial charge is 0.203 e. The highest BCUT2D eigenvalue weighted by atomic mass is 16.1. The summed E-state index contributed by atoms with van der Waals surface area (Å²) in [6.07, 6.45) is 0. The van der Waals surface area contributed by atoms with E-state index in [1.807, 2.05) is 50.4 Å². The summed E-state index contributed by atoms with van der Waals surface area (Å²) in [4.78, 5) is 12.5. The molecule has 0 unspecified atom stereocenters. The number of allylic oxidation sites excluding steroid dienone is 1. The molecule has 0 saturated carbocycles. The molecule has 0 spiro atoms. The van der Waals surface area contributed by atoms with Gasteiger partial charge in [0.25, 0.3) is 0 Å². The molecule has 0 aliphatic carbocycles. The standard InChI is InChI=1S/C19H19N3O/c1-13(2)15-10-7-11-16-18(15)21(3)19(20)22(16)12-17(23)14-8-5-4-6-9-14/h4-11,20H,1,12H2,2-3H3. The van der Waals surface area contributed by atoms with Crippen LogP contribution in [0.4, 0.5) is 0 Å². The number of carbonyl (C=O) groups excluding carboxylic acids is 1. The number of aromatic nitrogens is 2. The Hall–Kier alpha value is -2.88. The quantitative estimate of drug-likeness (QED) is 0.738. The van der Waals surface area contributed by atoms with Crippen LogP contribution in [0, 0.1) is 5.41 Å². The van der Waals surface area contributed by atoms with Crippen LogP contribution in [0.5, 0.6) is 0 Å².